The van der Waals surface area contributed by atoms with Crippen LogP contribution in [-0.4, -0.2) is 71.8 Å². The normalized spacial score (nSPS) is 24.1. The van der Waals surface area contributed by atoms with Crippen LogP contribution in [0.25, 0.3) is 0 Å². The van der Waals surface area contributed by atoms with E-state index in [0.29, 0.717) is 37.1 Å². The van der Waals surface area contributed by atoms with Crippen molar-refractivity contribution in [3.05, 3.63) is 64.0 Å². The van der Waals surface area contributed by atoms with E-state index < -0.39 is 29.1 Å². The largest absolute Gasteiger partial charge is 0.496 e. The molecule has 41 heavy (non-hydrogen) atoms. The van der Waals surface area contributed by atoms with Crippen molar-refractivity contribution in [2.45, 2.75) is 69.3 Å². The first-order valence-electron chi connectivity index (χ1n) is 13.9. The van der Waals surface area contributed by atoms with E-state index in [0.717, 1.165) is 50.0 Å². The van der Waals surface area contributed by atoms with E-state index in [-0.39, 0.29) is 35.7 Å². The van der Waals surface area contributed by atoms with Gasteiger partial charge >= 0.3 is 12.1 Å². The molecule has 0 bridgehead atoms. The van der Waals surface area contributed by atoms with Crippen LogP contribution in [0.15, 0.2) is 30.3 Å². The number of halogens is 4. The highest BCUT2D eigenvalue weighted by molar-refractivity contribution is 5.88. The number of carbonyl (C=O) groups is 2. The summed E-state index contributed by atoms with van der Waals surface area (Å²) in [6.07, 6.45) is -1.29. The number of methoxy groups -OCH3 is 1. The Balaban J connectivity index is 1.18. The molecule has 11 heteroatoms. The van der Waals surface area contributed by atoms with Gasteiger partial charge < -0.3 is 19.5 Å². The van der Waals surface area contributed by atoms with E-state index in [4.69, 9.17) is 9.47 Å². The summed E-state index contributed by atoms with van der Waals surface area (Å²) in [7, 11) is 1.35. The summed E-state index contributed by atoms with van der Waals surface area (Å²) in [5.74, 6) is -1.91. The molecule has 222 valence electrons. The van der Waals surface area contributed by atoms with Crippen molar-refractivity contribution in [1.29, 1.82) is 0 Å². The van der Waals surface area contributed by atoms with Crippen LogP contribution in [-0.2, 0) is 28.7 Å². The number of alkyl halides is 3. The number of hydrogen-bond acceptors (Lipinski definition) is 5. The molecule has 2 saturated heterocycles. The van der Waals surface area contributed by atoms with Gasteiger partial charge in [0.25, 0.3) is 5.91 Å². The summed E-state index contributed by atoms with van der Waals surface area (Å²) >= 11 is 0. The number of aromatic carboxylic acids is 1. The fourth-order valence-corrected chi connectivity index (χ4v) is 6.41. The van der Waals surface area contributed by atoms with E-state index in [2.05, 4.69) is 4.90 Å². The van der Waals surface area contributed by atoms with Crippen LogP contribution in [0.5, 0.6) is 5.75 Å². The number of benzene rings is 2. The minimum atomic E-state index is -4.52. The van der Waals surface area contributed by atoms with E-state index in [1.54, 1.807) is 17.9 Å². The molecule has 0 aliphatic carbocycles. The number of amides is 1. The molecule has 1 N–H and O–H groups in total. The minimum Gasteiger partial charge on any atom is -0.496 e. The Kier molecular flexibility index (Phi) is 8.04. The van der Waals surface area contributed by atoms with E-state index in [9.17, 15) is 32.3 Å². The topological polar surface area (TPSA) is 79.3 Å². The molecule has 2 aromatic carbocycles. The number of carboxylic acid groups (broad SMARTS) is 1. The monoisotopic (exact) mass is 578 g/mol. The van der Waals surface area contributed by atoms with E-state index in [1.165, 1.54) is 19.2 Å². The first-order chi connectivity index (χ1) is 19.4. The Morgan fingerprint density at radius 2 is 1.83 bits per heavy atom. The first-order valence-corrected chi connectivity index (χ1v) is 13.9. The molecule has 3 aliphatic rings. The molecule has 3 aliphatic heterocycles. The maximum Gasteiger partial charge on any atom is 0.416 e. The summed E-state index contributed by atoms with van der Waals surface area (Å²) in [4.78, 5) is 28.8. The Labute approximate surface area is 236 Å². The average Bonchev–Trinajstić information content (AvgIpc) is 2.96. The SMILES string of the molecule is COc1cc(C(F)(F)F)cc2c1CCN(C(=O)[C@@]1(C)CC[C@@H](N3CCC(c4ccc(F)c(C(=O)O)c4)CC3)CO1)C2. The van der Waals surface area contributed by atoms with E-state index >= 15 is 0 Å². The second-order valence-corrected chi connectivity index (χ2v) is 11.4. The van der Waals surface area contributed by atoms with Gasteiger partial charge in [0, 0.05) is 24.7 Å². The number of hydrogen-bond donors (Lipinski definition) is 1. The third-order valence-corrected chi connectivity index (χ3v) is 8.87. The van der Waals surface area contributed by atoms with Crippen molar-refractivity contribution >= 4 is 11.9 Å². The van der Waals surface area contributed by atoms with Gasteiger partial charge in [-0.25, -0.2) is 9.18 Å². The highest BCUT2D eigenvalue weighted by Crippen LogP contribution is 2.39. The lowest BCUT2D eigenvalue weighted by Gasteiger charge is -2.45. The Bertz CT molecular complexity index is 1310. The number of carboxylic acids is 1. The smallest absolute Gasteiger partial charge is 0.416 e. The molecular weight excluding hydrogens is 544 g/mol. The summed E-state index contributed by atoms with van der Waals surface area (Å²) in [6.45, 7) is 4.11. The number of fused-ring (bicyclic) bond motifs is 1. The van der Waals surface area contributed by atoms with Crippen molar-refractivity contribution in [2.24, 2.45) is 0 Å². The summed E-state index contributed by atoms with van der Waals surface area (Å²) in [5.41, 5.74) is -0.206. The zero-order valence-electron chi connectivity index (χ0n) is 23.1. The zero-order chi connectivity index (χ0) is 29.5. The van der Waals surface area contributed by atoms with Crippen LogP contribution in [0, 0.1) is 5.82 Å². The second-order valence-electron chi connectivity index (χ2n) is 11.4. The van der Waals surface area contributed by atoms with Crippen molar-refractivity contribution in [2.75, 3.05) is 33.4 Å². The number of nitrogens with zero attached hydrogens (tertiary/aromatic N) is 2. The molecule has 0 aromatic heterocycles. The van der Waals surface area contributed by atoms with Crippen molar-refractivity contribution < 1.29 is 41.7 Å². The number of piperidine rings is 1. The maximum absolute atomic E-state index is 13.8. The minimum absolute atomic E-state index is 0.0668. The van der Waals surface area contributed by atoms with Gasteiger partial charge in [0.05, 0.1) is 24.8 Å². The Hall–Kier alpha value is -3.18. The lowest BCUT2D eigenvalue weighted by molar-refractivity contribution is -0.168. The summed E-state index contributed by atoms with van der Waals surface area (Å²) in [6, 6.07) is 6.54. The van der Waals surface area contributed by atoms with Gasteiger partial charge in [0.2, 0.25) is 0 Å². The molecule has 2 fully saturated rings. The number of ether oxygens (including phenoxy) is 2. The highest BCUT2D eigenvalue weighted by atomic mass is 19.4. The number of carbonyl (C=O) groups excluding carboxylic acids is 1. The molecule has 1 amide bonds. The van der Waals surface area contributed by atoms with Gasteiger partial charge in [-0.2, -0.15) is 13.2 Å². The third-order valence-electron chi connectivity index (χ3n) is 8.87. The van der Waals surface area contributed by atoms with Crippen molar-refractivity contribution in [3.63, 3.8) is 0 Å². The summed E-state index contributed by atoms with van der Waals surface area (Å²) < 4.78 is 65.6. The summed E-state index contributed by atoms with van der Waals surface area (Å²) in [5, 5.41) is 9.23. The van der Waals surface area contributed by atoms with Crippen LogP contribution in [0.1, 0.15) is 71.1 Å². The third kappa shape index (κ3) is 5.92. The predicted molar refractivity (Wildman–Crippen MR) is 141 cm³/mol. The number of rotatable bonds is 5. The van der Waals surface area contributed by atoms with Crippen LogP contribution in [0.4, 0.5) is 17.6 Å². The molecule has 5 rings (SSSR count). The molecule has 0 radical (unpaired) electrons. The highest BCUT2D eigenvalue weighted by Gasteiger charge is 2.44. The average molecular weight is 579 g/mol. The quantitative estimate of drug-likeness (QED) is 0.489. The van der Waals surface area contributed by atoms with Crippen LogP contribution < -0.4 is 4.74 Å². The van der Waals surface area contributed by atoms with Gasteiger partial charge in [-0.1, -0.05) is 6.07 Å². The zero-order valence-corrected chi connectivity index (χ0v) is 23.1. The van der Waals surface area contributed by atoms with Crippen molar-refractivity contribution in [3.8, 4) is 5.75 Å². The molecule has 2 atom stereocenters. The van der Waals surface area contributed by atoms with Gasteiger partial charge in [-0.3, -0.25) is 9.69 Å². The maximum atomic E-state index is 13.8. The Morgan fingerprint density at radius 1 is 1.10 bits per heavy atom. The predicted octanol–water partition coefficient (Wildman–Crippen LogP) is 5.25. The van der Waals surface area contributed by atoms with Gasteiger partial charge in [-0.05, 0) is 93.4 Å². The lowest BCUT2D eigenvalue weighted by atomic mass is 9.86. The molecule has 2 aromatic rings. The van der Waals surface area contributed by atoms with Gasteiger partial charge in [-0.15, -0.1) is 0 Å². The molecule has 7 nitrogen and oxygen atoms in total. The first kappa shape index (κ1) is 29.3. The number of likely N-dealkylation sites (tertiary alicyclic amines) is 1. The Morgan fingerprint density at radius 3 is 2.44 bits per heavy atom. The van der Waals surface area contributed by atoms with Crippen LogP contribution in [0.3, 0.4) is 0 Å². The van der Waals surface area contributed by atoms with E-state index in [1.807, 2.05) is 0 Å². The lowest BCUT2D eigenvalue weighted by Crippen LogP contribution is -2.56. The van der Waals surface area contributed by atoms with Crippen molar-refractivity contribution in [1.82, 2.24) is 9.80 Å². The van der Waals surface area contributed by atoms with Crippen LogP contribution >= 0.6 is 0 Å². The van der Waals surface area contributed by atoms with Gasteiger partial charge in [0.15, 0.2) is 0 Å². The molecule has 0 spiro atoms. The standard InChI is InChI=1S/C30H34F4N2O5/c1-29(28(39)36-12-8-23-20(16-36)13-21(30(32,33)34)15-26(23)40-2)9-5-22(17-41-29)35-10-6-18(7-11-35)19-3-4-25(31)24(14-19)27(37)38/h3-4,13-15,18,22H,5-12,16-17H2,1-2H3,(H,37,38)/t22-,29-/m1/s1. The molecular formula is C30H34F4N2O5. The molecule has 0 unspecified atom stereocenters. The second kappa shape index (κ2) is 11.2. The van der Waals surface area contributed by atoms with Gasteiger partial charge in [0.1, 0.15) is 17.2 Å². The molecule has 0 saturated carbocycles. The molecule has 3 heterocycles. The fourth-order valence-electron chi connectivity index (χ4n) is 6.41. The van der Waals surface area contributed by atoms with Crippen LogP contribution in [0.2, 0.25) is 0 Å². The fraction of sp³-hybridized carbons (Fsp3) is 0.533.